The van der Waals surface area contributed by atoms with E-state index in [1.165, 1.54) is 19.2 Å². The minimum absolute atomic E-state index is 0.369. The Kier molecular flexibility index (Phi) is 4.84. The number of rotatable bonds is 3. The molecule has 1 saturated heterocycles. The molecular formula is C14H16F3NO3. The minimum Gasteiger partial charge on any atom is -0.467 e. The van der Waals surface area contributed by atoms with Crippen LogP contribution in [-0.4, -0.2) is 43.8 Å². The maximum Gasteiger partial charge on any atom is 0.416 e. The number of hydrogen-bond acceptors (Lipinski definition) is 4. The number of methoxy groups -OCH3 is 1. The first-order valence-electron chi connectivity index (χ1n) is 6.48. The Labute approximate surface area is 120 Å². The molecule has 0 aliphatic carbocycles. The third kappa shape index (κ3) is 4.18. The zero-order valence-corrected chi connectivity index (χ0v) is 11.5. The summed E-state index contributed by atoms with van der Waals surface area (Å²) >= 11 is 0. The Morgan fingerprint density at radius 2 is 2.05 bits per heavy atom. The van der Waals surface area contributed by atoms with Gasteiger partial charge in [0.05, 0.1) is 19.3 Å². The summed E-state index contributed by atoms with van der Waals surface area (Å²) in [6, 6.07) is 5.03. The van der Waals surface area contributed by atoms with Gasteiger partial charge in [-0.3, -0.25) is 4.90 Å². The first kappa shape index (κ1) is 15.8. The van der Waals surface area contributed by atoms with Crippen LogP contribution >= 0.6 is 0 Å². The van der Waals surface area contributed by atoms with E-state index in [2.05, 4.69) is 4.74 Å². The number of hydrogen-bond donors (Lipinski definition) is 0. The Bertz CT molecular complexity index is 487. The van der Waals surface area contributed by atoms with Gasteiger partial charge >= 0.3 is 12.1 Å². The van der Waals surface area contributed by atoms with Crippen molar-refractivity contribution in [3.63, 3.8) is 0 Å². The first-order chi connectivity index (χ1) is 9.90. The van der Waals surface area contributed by atoms with Gasteiger partial charge in [-0.15, -0.1) is 0 Å². The van der Waals surface area contributed by atoms with Crippen LogP contribution in [-0.2, 0) is 27.0 Å². The van der Waals surface area contributed by atoms with E-state index in [4.69, 9.17) is 4.74 Å². The van der Waals surface area contributed by atoms with Crippen LogP contribution in [0.5, 0.6) is 0 Å². The molecule has 4 nitrogen and oxygen atoms in total. The van der Waals surface area contributed by atoms with Crippen molar-refractivity contribution in [2.75, 3.05) is 26.8 Å². The molecule has 0 radical (unpaired) electrons. The lowest BCUT2D eigenvalue weighted by Gasteiger charge is -2.31. The number of carbonyl (C=O) groups is 1. The van der Waals surface area contributed by atoms with Crippen LogP contribution < -0.4 is 0 Å². The van der Waals surface area contributed by atoms with Crippen molar-refractivity contribution < 1.29 is 27.4 Å². The van der Waals surface area contributed by atoms with Gasteiger partial charge in [0.2, 0.25) is 0 Å². The van der Waals surface area contributed by atoms with Gasteiger partial charge in [0.25, 0.3) is 0 Å². The number of alkyl halides is 3. The molecule has 0 spiro atoms. The largest absolute Gasteiger partial charge is 0.467 e. The van der Waals surface area contributed by atoms with Crippen molar-refractivity contribution in [2.45, 2.75) is 18.8 Å². The van der Waals surface area contributed by atoms with E-state index >= 15 is 0 Å². The van der Waals surface area contributed by atoms with Crippen molar-refractivity contribution in [3.8, 4) is 0 Å². The van der Waals surface area contributed by atoms with Crippen molar-refractivity contribution in [1.29, 1.82) is 0 Å². The lowest BCUT2D eigenvalue weighted by atomic mass is 10.1. The fourth-order valence-corrected chi connectivity index (χ4v) is 2.18. The van der Waals surface area contributed by atoms with E-state index < -0.39 is 23.8 Å². The van der Waals surface area contributed by atoms with E-state index in [1.54, 1.807) is 0 Å². The molecule has 1 unspecified atom stereocenters. The average molecular weight is 303 g/mol. The molecule has 1 atom stereocenters. The molecule has 0 saturated carbocycles. The number of morpholine rings is 1. The molecule has 0 aromatic heterocycles. The number of esters is 1. The van der Waals surface area contributed by atoms with Gasteiger partial charge in [-0.25, -0.2) is 4.79 Å². The van der Waals surface area contributed by atoms with Crippen molar-refractivity contribution in [1.82, 2.24) is 4.90 Å². The summed E-state index contributed by atoms with van der Waals surface area (Å²) in [4.78, 5) is 13.4. The molecule has 1 aromatic rings. The molecule has 1 fully saturated rings. The lowest BCUT2D eigenvalue weighted by Crippen LogP contribution is -2.46. The third-order valence-electron chi connectivity index (χ3n) is 3.30. The standard InChI is InChI=1S/C14H16F3NO3/c1-20-13(19)12-9-18(6-7-21-12)8-10-2-4-11(5-3-10)14(15,16)17/h2-5,12H,6-9H2,1H3. The Morgan fingerprint density at radius 1 is 1.38 bits per heavy atom. The second-order valence-electron chi connectivity index (χ2n) is 4.81. The predicted molar refractivity (Wildman–Crippen MR) is 68.5 cm³/mol. The molecule has 0 N–H and O–H groups in total. The lowest BCUT2D eigenvalue weighted by molar-refractivity contribution is -0.160. The summed E-state index contributed by atoms with van der Waals surface area (Å²) < 4.78 is 47.4. The second-order valence-corrected chi connectivity index (χ2v) is 4.81. The molecule has 21 heavy (non-hydrogen) atoms. The first-order valence-corrected chi connectivity index (χ1v) is 6.48. The second kappa shape index (κ2) is 6.44. The van der Waals surface area contributed by atoms with E-state index in [1.807, 2.05) is 4.90 Å². The van der Waals surface area contributed by atoms with E-state index in [9.17, 15) is 18.0 Å². The van der Waals surface area contributed by atoms with Gasteiger partial charge in [0.1, 0.15) is 0 Å². The van der Waals surface area contributed by atoms with Gasteiger partial charge in [-0.05, 0) is 17.7 Å². The molecule has 1 aliphatic heterocycles. The molecule has 0 bridgehead atoms. The predicted octanol–water partition coefficient (Wildman–Crippen LogP) is 2.08. The molecule has 2 rings (SSSR count). The summed E-state index contributed by atoms with van der Waals surface area (Å²) in [5.74, 6) is -0.438. The maximum atomic E-state index is 12.5. The highest BCUT2D eigenvalue weighted by Crippen LogP contribution is 2.29. The highest BCUT2D eigenvalue weighted by atomic mass is 19.4. The smallest absolute Gasteiger partial charge is 0.416 e. The highest BCUT2D eigenvalue weighted by molar-refractivity contribution is 5.74. The number of benzene rings is 1. The van der Waals surface area contributed by atoms with E-state index in [0.29, 0.717) is 26.2 Å². The van der Waals surface area contributed by atoms with Crippen LogP contribution in [0.3, 0.4) is 0 Å². The number of nitrogens with zero attached hydrogens (tertiary/aromatic N) is 1. The molecule has 1 aliphatic rings. The fourth-order valence-electron chi connectivity index (χ4n) is 2.18. The van der Waals surface area contributed by atoms with Gasteiger partial charge in [0, 0.05) is 19.6 Å². The zero-order valence-electron chi connectivity index (χ0n) is 11.5. The number of ether oxygens (including phenoxy) is 2. The normalized spacial score (nSPS) is 20.3. The number of halogens is 3. The summed E-state index contributed by atoms with van der Waals surface area (Å²) in [6.07, 6.45) is -4.97. The Balaban J connectivity index is 1.96. The zero-order chi connectivity index (χ0) is 15.5. The van der Waals surface area contributed by atoms with Crippen LogP contribution in [0.2, 0.25) is 0 Å². The summed E-state index contributed by atoms with van der Waals surface area (Å²) in [5.41, 5.74) is 0.0918. The summed E-state index contributed by atoms with van der Waals surface area (Å²) in [6.45, 7) is 1.84. The van der Waals surface area contributed by atoms with Crippen LogP contribution in [0.15, 0.2) is 24.3 Å². The monoisotopic (exact) mass is 303 g/mol. The Morgan fingerprint density at radius 3 is 2.62 bits per heavy atom. The van der Waals surface area contributed by atoms with Crippen LogP contribution in [0.4, 0.5) is 13.2 Å². The van der Waals surface area contributed by atoms with Crippen LogP contribution in [0.25, 0.3) is 0 Å². The van der Waals surface area contributed by atoms with Crippen molar-refractivity contribution in [2.24, 2.45) is 0 Å². The van der Waals surface area contributed by atoms with Gasteiger partial charge < -0.3 is 9.47 Å². The minimum atomic E-state index is -4.33. The quantitative estimate of drug-likeness (QED) is 0.802. The van der Waals surface area contributed by atoms with Gasteiger partial charge in [-0.2, -0.15) is 13.2 Å². The molecule has 7 heteroatoms. The van der Waals surface area contributed by atoms with Gasteiger partial charge in [0.15, 0.2) is 6.10 Å². The third-order valence-corrected chi connectivity index (χ3v) is 3.30. The molecule has 116 valence electrons. The molecule has 1 heterocycles. The average Bonchev–Trinajstić information content (AvgIpc) is 2.46. The molecular weight excluding hydrogens is 287 g/mol. The Hall–Kier alpha value is -1.60. The maximum absolute atomic E-state index is 12.5. The van der Waals surface area contributed by atoms with Crippen LogP contribution in [0, 0.1) is 0 Å². The number of carbonyl (C=O) groups excluding carboxylic acids is 1. The highest BCUT2D eigenvalue weighted by Gasteiger charge is 2.30. The van der Waals surface area contributed by atoms with E-state index in [-0.39, 0.29) is 0 Å². The summed E-state index contributed by atoms with van der Waals surface area (Å²) in [7, 11) is 1.29. The van der Waals surface area contributed by atoms with Crippen molar-refractivity contribution >= 4 is 5.97 Å². The summed E-state index contributed by atoms with van der Waals surface area (Å²) in [5, 5.41) is 0. The van der Waals surface area contributed by atoms with Crippen molar-refractivity contribution in [3.05, 3.63) is 35.4 Å². The van der Waals surface area contributed by atoms with E-state index in [0.717, 1.165) is 17.7 Å². The SMILES string of the molecule is COC(=O)C1CN(Cc2ccc(C(F)(F)F)cc2)CCO1. The molecule has 1 aromatic carbocycles. The van der Waals surface area contributed by atoms with Crippen LogP contribution in [0.1, 0.15) is 11.1 Å². The fraction of sp³-hybridized carbons (Fsp3) is 0.500. The molecule has 0 amide bonds. The topological polar surface area (TPSA) is 38.8 Å². The van der Waals surface area contributed by atoms with Gasteiger partial charge in [-0.1, -0.05) is 12.1 Å².